The molecule has 6 rings (SSSR count). The van der Waals surface area contributed by atoms with Gasteiger partial charge in [-0.05, 0) is 89.0 Å². The molecule has 0 radical (unpaired) electrons. The van der Waals surface area contributed by atoms with Gasteiger partial charge in [-0.3, -0.25) is 0 Å². The van der Waals surface area contributed by atoms with Crippen molar-refractivity contribution in [2.45, 2.75) is 63.3 Å². The van der Waals surface area contributed by atoms with Crippen molar-refractivity contribution < 1.29 is 8.42 Å². The van der Waals surface area contributed by atoms with Crippen molar-refractivity contribution in [3.05, 3.63) is 72.6 Å². The standard InChI is InChI=1S/C28H35N5O2S/c1-28(2)23-18-22(12-6-3-4-9-13-26-29-32-33-30-26)27(25(28)19-23)31-36(34,35)24-16-14-21(15-17-24)20-10-7-5-8-11-20/h3,5-8,10-11,14-17,22-23,25,27,31H,4,9,12-13,18-19H2,1-2H3,(H,29,30,32,33)/t22-,23-,25-,27+/m0/s1. The highest BCUT2D eigenvalue weighted by molar-refractivity contribution is 7.89. The molecule has 1 heterocycles. The first-order valence-electron chi connectivity index (χ1n) is 12.9. The van der Waals surface area contributed by atoms with E-state index in [9.17, 15) is 8.42 Å². The van der Waals surface area contributed by atoms with E-state index in [1.165, 1.54) is 0 Å². The SMILES string of the molecule is CC1(C)[C@H]2C[C@H](CC=CCCCc3nnn[nH]3)[C@@H](NS(=O)(=O)c3ccc(-c4ccccc4)cc3)[C@@H]1C2. The van der Waals surface area contributed by atoms with Crippen molar-refractivity contribution in [1.82, 2.24) is 25.3 Å². The fourth-order valence-electron chi connectivity index (χ4n) is 6.09. The van der Waals surface area contributed by atoms with Crippen molar-refractivity contribution in [2.75, 3.05) is 0 Å². The number of aryl methyl sites for hydroxylation is 1. The zero-order valence-corrected chi connectivity index (χ0v) is 21.8. The molecular formula is C28H35N5O2S. The molecule has 3 aliphatic carbocycles. The molecule has 0 amide bonds. The lowest BCUT2D eigenvalue weighted by Gasteiger charge is -2.62. The molecule has 3 saturated carbocycles. The van der Waals surface area contributed by atoms with Crippen LogP contribution in [0.5, 0.6) is 0 Å². The molecule has 2 N–H and O–H groups in total. The molecule has 8 heteroatoms. The highest BCUT2D eigenvalue weighted by Gasteiger charge is 2.58. The second-order valence-electron chi connectivity index (χ2n) is 10.8. The molecule has 0 saturated heterocycles. The van der Waals surface area contributed by atoms with Gasteiger partial charge in [0.15, 0.2) is 0 Å². The molecule has 3 aromatic rings. The van der Waals surface area contributed by atoms with Crippen LogP contribution < -0.4 is 4.72 Å². The molecule has 3 fully saturated rings. The first kappa shape index (κ1) is 24.8. The van der Waals surface area contributed by atoms with Crippen LogP contribution in [0.25, 0.3) is 11.1 Å². The normalized spacial score (nSPS) is 25.1. The number of aromatic nitrogens is 4. The van der Waals surface area contributed by atoms with E-state index < -0.39 is 10.0 Å². The number of hydrogen-bond acceptors (Lipinski definition) is 5. The third-order valence-electron chi connectivity index (χ3n) is 8.42. The fraction of sp³-hybridized carbons (Fsp3) is 0.464. The fourth-order valence-corrected chi connectivity index (χ4v) is 7.44. The van der Waals surface area contributed by atoms with E-state index in [1.807, 2.05) is 42.5 Å². The lowest BCUT2D eigenvalue weighted by molar-refractivity contribution is -0.108. The van der Waals surface area contributed by atoms with E-state index in [-0.39, 0.29) is 11.5 Å². The summed E-state index contributed by atoms with van der Waals surface area (Å²) in [6.07, 6.45) is 10.3. The molecule has 0 unspecified atom stereocenters. The summed E-state index contributed by atoms with van der Waals surface area (Å²) in [6.45, 7) is 4.60. The summed E-state index contributed by atoms with van der Waals surface area (Å²) in [7, 11) is -3.61. The van der Waals surface area contributed by atoms with Crippen molar-refractivity contribution >= 4 is 10.0 Å². The highest BCUT2D eigenvalue weighted by atomic mass is 32.2. The number of tetrazole rings is 1. The average Bonchev–Trinajstić information content (AvgIpc) is 3.40. The van der Waals surface area contributed by atoms with E-state index in [2.05, 4.69) is 51.3 Å². The zero-order valence-electron chi connectivity index (χ0n) is 21.0. The summed E-state index contributed by atoms with van der Waals surface area (Å²) in [5, 5.41) is 13.9. The summed E-state index contributed by atoms with van der Waals surface area (Å²) >= 11 is 0. The molecule has 2 aromatic carbocycles. The maximum absolute atomic E-state index is 13.4. The lowest BCUT2D eigenvalue weighted by atomic mass is 9.45. The van der Waals surface area contributed by atoms with Crippen LogP contribution in [0.3, 0.4) is 0 Å². The molecule has 1 aromatic heterocycles. The van der Waals surface area contributed by atoms with Gasteiger partial charge in [0, 0.05) is 12.5 Å². The van der Waals surface area contributed by atoms with E-state index in [1.54, 1.807) is 12.1 Å². The second kappa shape index (κ2) is 10.3. The van der Waals surface area contributed by atoms with E-state index in [0.717, 1.165) is 55.5 Å². The Morgan fingerprint density at radius 2 is 1.78 bits per heavy atom. The van der Waals surface area contributed by atoms with Crippen LogP contribution in [0.15, 0.2) is 71.6 Å². The highest BCUT2D eigenvalue weighted by Crippen LogP contribution is 2.61. The summed E-state index contributed by atoms with van der Waals surface area (Å²) < 4.78 is 30.0. The Hall–Kier alpha value is -2.84. The van der Waals surface area contributed by atoms with Crippen LogP contribution in [0.1, 0.15) is 51.8 Å². The van der Waals surface area contributed by atoms with Gasteiger partial charge in [0.25, 0.3) is 0 Å². The van der Waals surface area contributed by atoms with E-state index >= 15 is 0 Å². The van der Waals surface area contributed by atoms with Gasteiger partial charge in [-0.2, -0.15) is 0 Å². The van der Waals surface area contributed by atoms with Crippen molar-refractivity contribution in [2.24, 2.45) is 23.2 Å². The number of fused-ring (bicyclic) bond motifs is 2. The molecule has 0 spiro atoms. The topological polar surface area (TPSA) is 101 Å². The number of sulfonamides is 1. The molecule has 190 valence electrons. The van der Waals surface area contributed by atoms with Gasteiger partial charge in [-0.1, -0.05) is 68.5 Å². The third-order valence-corrected chi connectivity index (χ3v) is 9.89. The van der Waals surface area contributed by atoms with Crippen LogP contribution in [0, 0.1) is 23.2 Å². The Labute approximate surface area is 213 Å². The van der Waals surface area contributed by atoms with Crippen molar-refractivity contribution in [3.8, 4) is 11.1 Å². The summed E-state index contributed by atoms with van der Waals surface area (Å²) in [5.41, 5.74) is 2.27. The predicted molar refractivity (Wildman–Crippen MR) is 140 cm³/mol. The molecule has 0 aliphatic heterocycles. The Kier molecular flexibility index (Phi) is 7.08. The summed E-state index contributed by atoms with van der Waals surface area (Å²) in [5.74, 6) is 2.16. The number of allylic oxidation sites excluding steroid dienone is 2. The molecule has 2 bridgehead atoms. The number of rotatable bonds is 10. The molecule has 3 aliphatic rings. The van der Waals surface area contributed by atoms with E-state index in [4.69, 9.17) is 0 Å². The quantitative estimate of drug-likeness (QED) is 0.293. The van der Waals surface area contributed by atoms with Crippen LogP contribution in [-0.4, -0.2) is 35.1 Å². The number of unbranched alkanes of at least 4 members (excludes halogenated alkanes) is 1. The Balaban J connectivity index is 1.24. The number of H-pyrrole nitrogens is 1. The van der Waals surface area contributed by atoms with Gasteiger partial charge < -0.3 is 0 Å². The number of benzene rings is 2. The van der Waals surface area contributed by atoms with Crippen molar-refractivity contribution in [3.63, 3.8) is 0 Å². The van der Waals surface area contributed by atoms with Gasteiger partial charge in [0.05, 0.1) is 4.90 Å². The Morgan fingerprint density at radius 3 is 2.47 bits per heavy atom. The Morgan fingerprint density at radius 1 is 1.03 bits per heavy atom. The zero-order chi connectivity index (χ0) is 25.2. The monoisotopic (exact) mass is 505 g/mol. The molecule has 36 heavy (non-hydrogen) atoms. The minimum absolute atomic E-state index is 0.0475. The van der Waals surface area contributed by atoms with Gasteiger partial charge in [-0.15, -0.1) is 5.10 Å². The first-order chi connectivity index (χ1) is 17.3. The number of nitrogens with one attached hydrogen (secondary N) is 2. The molecule has 7 nitrogen and oxygen atoms in total. The number of aromatic amines is 1. The minimum Gasteiger partial charge on any atom is -0.243 e. The Bertz CT molecular complexity index is 1270. The maximum Gasteiger partial charge on any atom is 0.240 e. The van der Waals surface area contributed by atoms with Crippen molar-refractivity contribution in [1.29, 1.82) is 0 Å². The van der Waals surface area contributed by atoms with Gasteiger partial charge in [-0.25, -0.2) is 18.2 Å². The number of hydrogen-bond donors (Lipinski definition) is 2. The summed E-state index contributed by atoms with van der Waals surface area (Å²) in [4.78, 5) is 0.331. The minimum atomic E-state index is -3.61. The smallest absolute Gasteiger partial charge is 0.240 e. The predicted octanol–water partition coefficient (Wildman–Crippen LogP) is 5.17. The maximum atomic E-state index is 13.4. The van der Waals surface area contributed by atoms with Gasteiger partial charge in [0.2, 0.25) is 10.0 Å². The van der Waals surface area contributed by atoms with Gasteiger partial charge in [0.1, 0.15) is 5.82 Å². The second-order valence-corrected chi connectivity index (χ2v) is 12.6. The lowest BCUT2D eigenvalue weighted by Crippen LogP contribution is -2.63. The molecular weight excluding hydrogens is 470 g/mol. The van der Waals surface area contributed by atoms with Crippen LogP contribution >= 0.6 is 0 Å². The van der Waals surface area contributed by atoms with Crippen LogP contribution in [0.2, 0.25) is 0 Å². The average molecular weight is 506 g/mol. The summed E-state index contributed by atoms with van der Waals surface area (Å²) in [6, 6.07) is 17.2. The van der Waals surface area contributed by atoms with Crippen LogP contribution in [-0.2, 0) is 16.4 Å². The van der Waals surface area contributed by atoms with E-state index in [0.29, 0.717) is 22.6 Å². The first-order valence-corrected chi connectivity index (χ1v) is 14.4. The largest absolute Gasteiger partial charge is 0.243 e. The van der Waals surface area contributed by atoms with Crippen LogP contribution in [0.4, 0.5) is 0 Å². The molecule has 4 atom stereocenters. The van der Waals surface area contributed by atoms with Gasteiger partial charge >= 0.3 is 0 Å². The third kappa shape index (κ3) is 5.15. The number of nitrogens with zero attached hydrogens (tertiary/aromatic N) is 3.